The van der Waals surface area contributed by atoms with E-state index >= 15 is 0 Å². The third kappa shape index (κ3) is 3.75. The molecule has 3 rings (SSSR count). The Morgan fingerprint density at radius 3 is 2.56 bits per heavy atom. The Labute approximate surface area is 150 Å². The molecular formula is C17H28N4O3S. The van der Waals surface area contributed by atoms with Gasteiger partial charge in [0, 0.05) is 45.5 Å². The summed E-state index contributed by atoms with van der Waals surface area (Å²) >= 11 is 0. The third-order valence-electron chi connectivity index (χ3n) is 5.27. The van der Waals surface area contributed by atoms with Gasteiger partial charge < -0.3 is 14.8 Å². The molecule has 0 bridgehead atoms. The Balaban J connectivity index is 1.81. The molecule has 1 aromatic heterocycles. The highest BCUT2D eigenvalue weighted by atomic mass is 32.2. The first-order valence-electron chi connectivity index (χ1n) is 9.06. The van der Waals surface area contributed by atoms with E-state index in [2.05, 4.69) is 5.32 Å². The lowest BCUT2D eigenvalue weighted by Crippen LogP contribution is -2.47. The second kappa shape index (κ2) is 7.47. The van der Waals surface area contributed by atoms with Crippen LogP contribution in [0, 0.1) is 0 Å². The van der Waals surface area contributed by atoms with Crippen LogP contribution in [0.3, 0.4) is 0 Å². The van der Waals surface area contributed by atoms with Crippen molar-refractivity contribution >= 4 is 15.9 Å². The molecule has 8 heteroatoms. The molecule has 2 fully saturated rings. The van der Waals surface area contributed by atoms with Gasteiger partial charge in [-0.1, -0.05) is 6.42 Å². The molecule has 0 spiro atoms. The standard InChI is InChI=1S/C17H28N4O3S/c1-18-14-7-6-8-20(12-14)17(22)16-11-15(13-19(16)2)25(23,24)21-9-4-3-5-10-21/h11,13-14,18H,3-10,12H2,1-2H3. The molecule has 140 valence electrons. The Kier molecular flexibility index (Phi) is 5.50. The van der Waals surface area contributed by atoms with E-state index in [-0.39, 0.29) is 10.8 Å². The van der Waals surface area contributed by atoms with E-state index in [0.29, 0.717) is 31.4 Å². The summed E-state index contributed by atoms with van der Waals surface area (Å²) in [4.78, 5) is 14.9. The molecule has 0 aromatic carbocycles. The lowest BCUT2D eigenvalue weighted by molar-refractivity contribution is 0.0688. The Morgan fingerprint density at radius 1 is 1.16 bits per heavy atom. The fourth-order valence-electron chi connectivity index (χ4n) is 3.70. The molecule has 25 heavy (non-hydrogen) atoms. The summed E-state index contributed by atoms with van der Waals surface area (Å²) in [5.41, 5.74) is 0.437. The van der Waals surface area contributed by atoms with Crippen LogP contribution in [0.15, 0.2) is 17.2 Å². The molecule has 0 aliphatic carbocycles. The van der Waals surface area contributed by atoms with Gasteiger partial charge in [0.1, 0.15) is 10.6 Å². The van der Waals surface area contributed by atoms with Crippen molar-refractivity contribution < 1.29 is 13.2 Å². The molecule has 1 N–H and O–H groups in total. The van der Waals surface area contributed by atoms with Gasteiger partial charge in [-0.3, -0.25) is 4.79 Å². The van der Waals surface area contributed by atoms with Crippen molar-refractivity contribution in [2.75, 3.05) is 33.2 Å². The van der Waals surface area contributed by atoms with Gasteiger partial charge in [-0.15, -0.1) is 0 Å². The lowest BCUT2D eigenvalue weighted by atomic mass is 10.1. The second-order valence-corrected chi connectivity index (χ2v) is 8.95. The number of hydrogen-bond acceptors (Lipinski definition) is 4. The minimum Gasteiger partial charge on any atom is -0.345 e. The van der Waals surface area contributed by atoms with Crippen molar-refractivity contribution in [1.82, 2.24) is 19.1 Å². The van der Waals surface area contributed by atoms with Crippen LogP contribution >= 0.6 is 0 Å². The van der Waals surface area contributed by atoms with Gasteiger partial charge in [-0.05, 0) is 38.8 Å². The summed E-state index contributed by atoms with van der Waals surface area (Å²) < 4.78 is 28.8. The van der Waals surface area contributed by atoms with Crippen molar-refractivity contribution in [2.45, 2.75) is 43.0 Å². The zero-order chi connectivity index (χ0) is 18.0. The molecule has 1 amide bonds. The van der Waals surface area contributed by atoms with E-state index in [9.17, 15) is 13.2 Å². The van der Waals surface area contributed by atoms with E-state index in [1.165, 1.54) is 10.4 Å². The van der Waals surface area contributed by atoms with Crippen LogP contribution in [0.2, 0.25) is 0 Å². The quantitative estimate of drug-likeness (QED) is 0.861. The van der Waals surface area contributed by atoms with Gasteiger partial charge in [-0.2, -0.15) is 4.31 Å². The van der Waals surface area contributed by atoms with Gasteiger partial charge in [0.15, 0.2) is 0 Å². The number of carbonyl (C=O) groups is 1. The number of amides is 1. The van der Waals surface area contributed by atoms with E-state index in [1.54, 1.807) is 17.8 Å². The smallest absolute Gasteiger partial charge is 0.270 e. The number of nitrogens with zero attached hydrogens (tertiary/aromatic N) is 3. The minimum atomic E-state index is -3.51. The van der Waals surface area contributed by atoms with Crippen molar-refractivity contribution in [3.05, 3.63) is 18.0 Å². The molecule has 2 aliphatic heterocycles. The molecule has 3 heterocycles. The number of rotatable bonds is 4. The first kappa shape index (κ1) is 18.4. The topological polar surface area (TPSA) is 74.7 Å². The van der Waals surface area contributed by atoms with Crippen molar-refractivity contribution in [2.24, 2.45) is 7.05 Å². The maximum absolute atomic E-state index is 12.9. The average Bonchev–Trinajstić information content (AvgIpc) is 3.04. The molecule has 1 aromatic rings. The van der Waals surface area contributed by atoms with Crippen LogP contribution in [0.1, 0.15) is 42.6 Å². The van der Waals surface area contributed by atoms with Gasteiger partial charge >= 0.3 is 0 Å². The van der Waals surface area contributed by atoms with Gasteiger partial charge in [0.25, 0.3) is 5.91 Å². The highest BCUT2D eigenvalue weighted by Crippen LogP contribution is 2.23. The molecule has 0 saturated carbocycles. The van der Waals surface area contributed by atoms with E-state index < -0.39 is 10.0 Å². The number of sulfonamides is 1. The number of likely N-dealkylation sites (tertiary alicyclic amines) is 1. The Hall–Kier alpha value is -1.38. The predicted octanol–water partition coefficient (Wildman–Crippen LogP) is 1.02. The molecule has 2 aliphatic rings. The Bertz CT molecular complexity index is 722. The normalized spacial score (nSPS) is 23.0. The average molecular weight is 369 g/mol. The molecule has 0 radical (unpaired) electrons. The summed E-state index contributed by atoms with van der Waals surface area (Å²) in [6, 6.07) is 1.84. The van der Waals surface area contributed by atoms with Crippen LogP contribution in [0.25, 0.3) is 0 Å². The molecule has 2 saturated heterocycles. The zero-order valence-electron chi connectivity index (χ0n) is 15.1. The summed E-state index contributed by atoms with van der Waals surface area (Å²) in [5, 5.41) is 3.22. The summed E-state index contributed by atoms with van der Waals surface area (Å²) in [7, 11) is 0.131. The fraction of sp³-hybridized carbons (Fsp3) is 0.706. The largest absolute Gasteiger partial charge is 0.345 e. The SMILES string of the molecule is CNC1CCCN(C(=O)c2cc(S(=O)(=O)N3CCCCC3)cn2C)C1. The van der Waals surface area contributed by atoms with Crippen LogP contribution in [0.4, 0.5) is 0 Å². The monoisotopic (exact) mass is 368 g/mol. The Morgan fingerprint density at radius 2 is 1.88 bits per heavy atom. The number of nitrogens with one attached hydrogen (secondary N) is 1. The number of aromatic nitrogens is 1. The van der Waals surface area contributed by atoms with Gasteiger partial charge in [-0.25, -0.2) is 8.42 Å². The number of piperidine rings is 2. The van der Waals surface area contributed by atoms with Crippen LogP contribution in [-0.4, -0.2) is 67.4 Å². The van der Waals surface area contributed by atoms with Gasteiger partial charge in [0.05, 0.1) is 0 Å². The first-order valence-corrected chi connectivity index (χ1v) is 10.5. The van der Waals surface area contributed by atoms with Crippen molar-refractivity contribution in [3.63, 3.8) is 0 Å². The predicted molar refractivity (Wildman–Crippen MR) is 96.0 cm³/mol. The van der Waals surface area contributed by atoms with Gasteiger partial charge in [0.2, 0.25) is 10.0 Å². The van der Waals surface area contributed by atoms with Crippen molar-refractivity contribution in [1.29, 1.82) is 0 Å². The molecular weight excluding hydrogens is 340 g/mol. The number of aryl methyl sites for hydroxylation is 1. The van der Waals surface area contributed by atoms with E-state index in [4.69, 9.17) is 0 Å². The minimum absolute atomic E-state index is 0.0949. The highest BCUT2D eigenvalue weighted by Gasteiger charge is 2.30. The van der Waals surface area contributed by atoms with Crippen LogP contribution in [0.5, 0.6) is 0 Å². The van der Waals surface area contributed by atoms with Crippen LogP contribution < -0.4 is 5.32 Å². The summed E-state index contributed by atoms with van der Waals surface area (Å²) in [6.45, 7) is 2.51. The molecule has 7 nitrogen and oxygen atoms in total. The second-order valence-electron chi connectivity index (χ2n) is 7.02. The maximum Gasteiger partial charge on any atom is 0.270 e. The maximum atomic E-state index is 12.9. The number of likely N-dealkylation sites (N-methyl/N-ethyl adjacent to an activating group) is 1. The first-order chi connectivity index (χ1) is 11.9. The molecule has 1 atom stereocenters. The zero-order valence-corrected chi connectivity index (χ0v) is 15.9. The van der Waals surface area contributed by atoms with Crippen molar-refractivity contribution in [3.8, 4) is 0 Å². The van der Waals surface area contributed by atoms with Crippen LogP contribution in [-0.2, 0) is 17.1 Å². The number of hydrogen-bond donors (Lipinski definition) is 1. The fourth-order valence-corrected chi connectivity index (χ4v) is 5.29. The number of carbonyl (C=O) groups excluding carboxylic acids is 1. The molecule has 1 unspecified atom stereocenters. The lowest BCUT2D eigenvalue weighted by Gasteiger charge is -2.32. The van der Waals surface area contributed by atoms with E-state index in [1.807, 2.05) is 11.9 Å². The van der Waals surface area contributed by atoms with E-state index in [0.717, 1.165) is 38.6 Å². The highest BCUT2D eigenvalue weighted by molar-refractivity contribution is 7.89. The third-order valence-corrected chi connectivity index (χ3v) is 7.13. The summed E-state index contributed by atoms with van der Waals surface area (Å²) in [5.74, 6) is -0.0949. The summed E-state index contributed by atoms with van der Waals surface area (Å²) in [6.07, 6.45) is 6.46.